The van der Waals surface area contributed by atoms with Crippen LogP contribution in [0.25, 0.3) is 0 Å². The highest BCUT2D eigenvalue weighted by molar-refractivity contribution is 9.24. The molecule has 0 fully saturated rings. The Bertz CT molecular complexity index is 32.5. The zero-order chi connectivity index (χ0) is 5.15. The molecular weight excluding hydrogens is 238 g/mol. The van der Waals surface area contributed by atoms with E-state index >= 15 is 0 Å². The standard InChI is InChI=1S/C2H2Br2ClF/c3-1(4)2(5)6/h1-2H. The van der Waals surface area contributed by atoms with E-state index in [0.717, 1.165) is 0 Å². The monoisotopic (exact) mass is 238 g/mol. The molecule has 38 valence electrons. The maximum absolute atomic E-state index is 11.5. The highest BCUT2D eigenvalue weighted by atomic mass is 79.9. The fourth-order valence-corrected chi connectivity index (χ4v) is 0. The first kappa shape index (κ1) is 7.18. The zero-order valence-corrected chi connectivity index (χ0v) is 6.59. The number of halogens is 4. The molecule has 0 aliphatic heterocycles. The van der Waals surface area contributed by atoms with Crippen molar-refractivity contribution in [3.05, 3.63) is 0 Å². The summed E-state index contributed by atoms with van der Waals surface area (Å²) in [5.41, 5.74) is -1.34. The summed E-state index contributed by atoms with van der Waals surface area (Å²) >= 11 is 10.5. The third-order valence-electron chi connectivity index (χ3n) is 0.190. The van der Waals surface area contributed by atoms with Crippen LogP contribution in [0.15, 0.2) is 0 Å². The average Bonchev–Trinajstić information content (AvgIpc) is 1.36. The van der Waals surface area contributed by atoms with Crippen molar-refractivity contribution >= 4 is 43.5 Å². The molecule has 0 rings (SSSR count). The van der Waals surface area contributed by atoms with Gasteiger partial charge in [-0.1, -0.05) is 43.5 Å². The van der Waals surface area contributed by atoms with Crippen molar-refractivity contribution in [3.8, 4) is 0 Å². The van der Waals surface area contributed by atoms with Crippen molar-refractivity contribution in [2.75, 3.05) is 0 Å². The fourth-order valence-electron chi connectivity index (χ4n) is 0. The van der Waals surface area contributed by atoms with E-state index in [-0.39, 0.29) is 0 Å². The van der Waals surface area contributed by atoms with Crippen LogP contribution in [0.4, 0.5) is 4.39 Å². The molecule has 0 radical (unpaired) electrons. The van der Waals surface area contributed by atoms with Crippen LogP contribution in [0.5, 0.6) is 0 Å². The van der Waals surface area contributed by atoms with E-state index in [1.807, 2.05) is 0 Å². The molecule has 0 spiro atoms. The van der Waals surface area contributed by atoms with Gasteiger partial charge in [0.05, 0.1) is 0 Å². The topological polar surface area (TPSA) is 0 Å². The molecular formula is C2H2Br2ClF. The molecule has 0 N–H and O–H groups in total. The van der Waals surface area contributed by atoms with E-state index in [4.69, 9.17) is 11.6 Å². The van der Waals surface area contributed by atoms with Crippen molar-refractivity contribution in [1.82, 2.24) is 0 Å². The Labute approximate surface area is 57.3 Å². The van der Waals surface area contributed by atoms with Crippen LogP contribution >= 0.6 is 43.5 Å². The molecule has 0 aliphatic rings. The summed E-state index contributed by atoms with van der Waals surface area (Å²) < 4.78 is 11.1. The third-order valence-corrected chi connectivity index (χ3v) is 1.98. The van der Waals surface area contributed by atoms with E-state index in [0.29, 0.717) is 0 Å². The van der Waals surface area contributed by atoms with Gasteiger partial charge in [0.1, 0.15) is 3.74 Å². The summed E-state index contributed by atoms with van der Waals surface area (Å²) in [6.45, 7) is 0. The van der Waals surface area contributed by atoms with Crippen molar-refractivity contribution in [2.24, 2.45) is 0 Å². The molecule has 0 bridgehead atoms. The van der Waals surface area contributed by atoms with E-state index in [1.165, 1.54) is 0 Å². The Balaban J connectivity index is 2.99. The summed E-state index contributed by atoms with van der Waals surface area (Å²) in [4.78, 5) is 0. The molecule has 4 heteroatoms. The number of hydrogen-bond donors (Lipinski definition) is 0. The lowest BCUT2D eigenvalue weighted by atomic mass is 10.9. The van der Waals surface area contributed by atoms with E-state index in [2.05, 4.69) is 31.9 Å². The van der Waals surface area contributed by atoms with Gasteiger partial charge < -0.3 is 0 Å². The van der Waals surface area contributed by atoms with Crippen molar-refractivity contribution in [1.29, 1.82) is 0 Å². The summed E-state index contributed by atoms with van der Waals surface area (Å²) in [6, 6.07) is 0. The molecule has 0 aliphatic carbocycles. The molecule has 0 aromatic carbocycles. The first-order valence-electron chi connectivity index (χ1n) is 1.21. The highest BCUT2D eigenvalue weighted by Crippen LogP contribution is 2.18. The normalized spacial score (nSPS) is 15.5. The van der Waals surface area contributed by atoms with Gasteiger partial charge in [-0.3, -0.25) is 0 Å². The van der Waals surface area contributed by atoms with Crippen LogP contribution in [0, 0.1) is 0 Å². The minimum Gasteiger partial charge on any atom is -0.228 e. The van der Waals surface area contributed by atoms with Gasteiger partial charge in [-0.15, -0.1) is 0 Å². The summed E-state index contributed by atoms with van der Waals surface area (Å²) in [5.74, 6) is 0. The first-order valence-corrected chi connectivity index (χ1v) is 3.47. The molecule has 1 unspecified atom stereocenters. The van der Waals surface area contributed by atoms with Gasteiger partial charge in [0.2, 0.25) is 0 Å². The van der Waals surface area contributed by atoms with Crippen molar-refractivity contribution < 1.29 is 4.39 Å². The predicted octanol–water partition coefficient (Wildman–Crippen LogP) is 2.64. The van der Waals surface area contributed by atoms with E-state index < -0.39 is 9.37 Å². The van der Waals surface area contributed by atoms with Crippen molar-refractivity contribution in [3.63, 3.8) is 0 Å². The second-order valence-electron chi connectivity index (χ2n) is 0.669. The van der Waals surface area contributed by atoms with E-state index in [9.17, 15) is 4.39 Å². The van der Waals surface area contributed by atoms with Gasteiger partial charge in [0.15, 0.2) is 5.63 Å². The second kappa shape index (κ2) is 3.22. The van der Waals surface area contributed by atoms with Crippen LogP contribution in [-0.2, 0) is 0 Å². The van der Waals surface area contributed by atoms with Crippen LogP contribution in [0.1, 0.15) is 0 Å². The summed E-state index contributed by atoms with van der Waals surface area (Å²) in [7, 11) is 0. The summed E-state index contributed by atoms with van der Waals surface area (Å²) in [5, 5.41) is 0. The Morgan fingerprint density at radius 3 is 1.67 bits per heavy atom. The molecule has 0 aromatic rings. The zero-order valence-electron chi connectivity index (χ0n) is 2.67. The second-order valence-corrected chi connectivity index (χ2v) is 4.29. The van der Waals surface area contributed by atoms with E-state index in [1.54, 1.807) is 0 Å². The summed E-state index contributed by atoms with van der Waals surface area (Å²) in [6.07, 6.45) is 0. The first-order chi connectivity index (χ1) is 2.64. The van der Waals surface area contributed by atoms with Gasteiger partial charge in [-0.25, -0.2) is 4.39 Å². The number of alkyl halides is 4. The van der Waals surface area contributed by atoms with Gasteiger partial charge in [-0.2, -0.15) is 0 Å². The Kier molecular flexibility index (Phi) is 3.85. The van der Waals surface area contributed by atoms with Crippen LogP contribution in [-0.4, -0.2) is 9.37 Å². The smallest absolute Gasteiger partial charge is 0.195 e. The van der Waals surface area contributed by atoms with Crippen LogP contribution in [0.3, 0.4) is 0 Å². The maximum atomic E-state index is 11.5. The maximum Gasteiger partial charge on any atom is 0.195 e. The average molecular weight is 240 g/mol. The van der Waals surface area contributed by atoms with Gasteiger partial charge in [0.25, 0.3) is 0 Å². The lowest BCUT2D eigenvalue weighted by molar-refractivity contribution is 0.474. The molecule has 0 amide bonds. The largest absolute Gasteiger partial charge is 0.228 e. The highest BCUT2D eigenvalue weighted by Gasteiger charge is 2.07. The SMILES string of the molecule is FC(Cl)C(Br)Br. The third kappa shape index (κ3) is 3.37. The fraction of sp³-hybridized carbons (Fsp3) is 1.00. The molecule has 0 nitrogen and oxygen atoms in total. The lowest BCUT2D eigenvalue weighted by Crippen LogP contribution is -1.96. The Hall–Kier alpha value is 1.18. The minimum atomic E-state index is -1.34. The Morgan fingerprint density at radius 1 is 1.50 bits per heavy atom. The quantitative estimate of drug-likeness (QED) is 0.618. The van der Waals surface area contributed by atoms with Gasteiger partial charge in [0, 0.05) is 0 Å². The molecule has 1 atom stereocenters. The molecule has 6 heavy (non-hydrogen) atoms. The minimum absolute atomic E-state index is 0.424. The number of rotatable bonds is 1. The lowest BCUT2D eigenvalue weighted by Gasteiger charge is -1.94. The van der Waals surface area contributed by atoms with Crippen molar-refractivity contribution in [2.45, 2.75) is 9.37 Å². The van der Waals surface area contributed by atoms with Crippen LogP contribution in [0.2, 0.25) is 0 Å². The molecule has 0 saturated heterocycles. The Morgan fingerprint density at radius 2 is 1.67 bits per heavy atom. The molecule has 0 saturated carbocycles. The van der Waals surface area contributed by atoms with Crippen LogP contribution < -0.4 is 0 Å². The number of hydrogen-bond acceptors (Lipinski definition) is 0. The van der Waals surface area contributed by atoms with Gasteiger partial charge in [-0.05, 0) is 0 Å². The predicted molar refractivity (Wildman–Crippen MR) is 32.4 cm³/mol. The molecule has 0 aromatic heterocycles. The van der Waals surface area contributed by atoms with Gasteiger partial charge >= 0.3 is 0 Å². The molecule has 0 heterocycles.